The minimum absolute atomic E-state index is 0.192. The van der Waals surface area contributed by atoms with Gasteiger partial charge in [0.25, 0.3) is 0 Å². The zero-order valence-electron chi connectivity index (χ0n) is 10.7. The molecule has 0 aliphatic heterocycles. The fourth-order valence-electron chi connectivity index (χ4n) is 1.35. The van der Waals surface area contributed by atoms with Gasteiger partial charge in [-0.3, -0.25) is 9.59 Å². The van der Waals surface area contributed by atoms with Crippen LogP contribution in [0.25, 0.3) is 0 Å². The average Bonchev–Trinajstić information content (AvgIpc) is 2.32. The molecule has 19 heavy (non-hydrogen) atoms. The summed E-state index contributed by atoms with van der Waals surface area (Å²) in [5.41, 5.74) is 1.10. The molecule has 2 N–H and O–H groups in total. The van der Waals surface area contributed by atoms with Gasteiger partial charge < -0.3 is 10.6 Å². The van der Waals surface area contributed by atoms with E-state index in [2.05, 4.69) is 26.6 Å². The first-order valence-corrected chi connectivity index (χ1v) is 6.49. The molecule has 100 valence electrons. The van der Waals surface area contributed by atoms with E-state index in [1.54, 1.807) is 30.4 Å². The van der Waals surface area contributed by atoms with Crippen LogP contribution in [0.1, 0.15) is 13.8 Å². The third kappa shape index (κ3) is 5.52. The second-order valence-electron chi connectivity index (χ2n) is 3.75. The predicted octanol–water partition coefficient (Wildman–Crippen LogP) is 3.48. The molecule has 0 heterocycles. The highest BCUT2D eigenvalue weighted by Gasteiger charge is 2.06. The van der Waals surface area contributed by atoms with E-state index in [4.69, 9.17) is 0 Å². The summed E-state index contributed by atoms with van der Waals surface area (Å²) in [4.78, 5) is 22.8. The first-order valence-electron chi connectivity index (χ1n) is 5.70. The van der Waals surface area contributed by atoms with Gasteiger partial charge in [-0.15, -0.1) is 0 Å². The summed E-state index contributed by atoms with van der Waals surface area (Å²) >= 11 is 3.32. The summed E-state index contributed by atoms with van der Waals surface area (Å²) < 4.78 is 0.814. The van der Waals surface area contributed by atoms with Crippen molar-refractivity contribution in [2.45, 2.75) is 13.8 Å². The Morgan fingerprint density at radius 2 is 1.89 bits per heavy atom. The molecule has 1 aromatic rings. The van der Waals surface area contributed by atoms with Crippen LogP contribution in [0, 0.1) is 0 Å². The minimum Gasteiger partial charge on any atom is -0.325 e. The maximum absolute atomic E-state index is 11.7. The normalized spacial score (nSPS) is 10.9. The van der Waals surface area contributed by atoms with Crippen LogP contribution in [0.3, 0.4) is 0 Å². The molecule has 5 heteroatoms. The lowest BCUT2D eigenvalue weighted by Crippen LogP contribution is -2.13. The van der Waals surface area contributed by atoms with E-state index in [0.717, 1.165) is 4.47 Å². The van der Waals surface area contributed by atoms with Gasteiger partial charge in [0.1, 0.15) is 0 Å². The fourth-order valence-corrected chi connectivity index (χ4v) is 1.71. The van der Waals surface area contributed by atoms with Crippen LogP contribution in [0.4, 0.5) is 11.4 Å². The minimum atomic E-state index is -0.261. The zero-order valence-corrected chi connectivity index (χ0v) is 12.3. The highest BCUT2D eigenvalue weighted by molar-refractivity contribution is 9.10. The molecule has 0 aliphatic carbocycles. The van der Waals surface area contributed by atoms with E-state index in [0.29, 0.717) is 11.4 Å². The van der Waals surface area contributed by atoms with Crippen molar-refractivity contribution in [3.8, 4) is 0 Å². The smallest absolute Gasteiger partial charge is 0.248 e. The van der Waals surface area contributed by atoms with Crippen LogP contribution >= 0.6 is 15.9 Å². The van der Waals surface area contributed by atoms with E-state index in [1.807, 2.05) is 13.0 Å². The van der Waals surface area contributed by atoms with Crippen molar-refractivity contribution in [1.82, 2.24) is 0 Å². The number of allylic oxidation sites excluding steroid dienone is 3. The van der Waals surface area contributed by atoms with Crippen LogP contribution < -0.4 is 10.6 Å². The molecule has 1 rings (SSSR count). The van der Waals surface area contributed by atoms with Crippen molar-refractivity contribution in [2.75, 3.05) is 10.6 Å². The van der Waals surface area contributed by atoms with Crippen molar-refractivity contribution in [2.24, 2.45) is 0 Å². The molecule has 0 aromatic heterocycles. The maximum Gasteiger partial charge on any atom is 0.248 e. The maximum atomic E-state index is 11.7. The molecule has 0 saturated heterocycles. The Bertz CT molecular complexity index is 536. The van der Waals surface area contributed by atoms with E-state index in [-0.39, 0.29) is 11.8 Å². The lowest BCUT2D eigenvalue weighted by Gasteiger charge is -2.10. The molecule has 0 saturated carbocycles. The lowest BCUT2D eigenvalue weighted by atomic mass is 10.2. The van der Waals surface area contributed by atoms with Gasteiger partial charge in [0.2, 0.25) is 11.8 Å². The van der Waals surface area contributed by atoms with Gasteiger partial charge in [-0.05, 0) is 25.1 Å². The number of nitrogens with one attached hydrogen (secondary N) is 2. The van der Waals surface area contributed by atoms with E-state index >= 15 is 0 Å². The van der Waals surface area contributed by atoms with Gasteiger partial charge >= 0.3 is 0 Å². The highest BCUT2D eigenvalue weighted by Crippen LogP contribution is 2.26. The first-order chi connectivity index (χ1) is 9.02. The van der Waals surface area contributed by atoms with Gasteiger partial charge in [0.05, 0.1) is 11.4 Å². The lowest BCUT2D eigenvalue weighted by molar-refractivity contribution is -0.114. The number of hydrogen-bond acceptors (Lipinski definition) is 2. The second-order valence-corrected chi connectivity index (χ2v) is 4.66. The molecular weight excluding hydrogens is 308 g/mol. The number of halogens is 1. The molecular formula is C14H15BrN2O2. The van der Waals surface area contributed by atoms with Crippen LogP contribution in [0.5, 0.6) is 0 Å². The number of anilines is 2. The SMILES string of the molecule is CC=CC=CC(=O)Nc1cc(Br)ccc1NC(C)=O. The van der Waals surface area contributed by atoms with Gasteiger partial charge in [0.15, 0.2) is 0 Å². The summed E-state index contributed by atoms with van der Waals surface area (Å²) in [6.45, 7) is 3.28. The highest BCUT2D eigenvalue weighted by atomic mass is 79.9. The third-order valence-electron chi connectivity index (χ3n) is 2.10. The van der Waals surface area contributed by atoms with Crippen molar-refractivity contribution in [3.63, 3.8) is 0 Å². The number of amides is 2. The molecule has 2 amide bonds. The van der Waals surface area contributed by atoms with E-state index in [1.165, 1.54) is 13.0 Å². The van der Waals surface area contributed by atoms with Gasteiger partial charge in [-0.2, -0.15) is 0 Å². The van der Waals surface area contributed by atoms with E-state index in [9.17, 15) is 9.59 Å². The first kappa shape index (κ1) is 15.2. The van der Waals surface area contributed by atoms with E-state index < -0.39 is 0 Å². The molecule has 0 atom stereocenters. The molecule has 1 aromatic carbocycles. The quantitative estimate of drug-likeness (QED) is 0.658. The summed E-state index contributed by atoms with van der Waals surface area (Å²) in [6, 6.07) is 5.24. The molecule has 0 spiro atoms. The Hall–Kier alpha value is -1.88. The van der Waals surface area contributed by atoms with Gasteiger partial charge in [0, 0.05) is 17.5 Å². The largest absolute Gasteiger partial charge is 0.325 e. The summed E-state index contributed by atoms with van der Waals surface area (Å²) in [5.74, 6) is -0.454. The second kappa shape index (κ2) is 7.53. The number of benzene rings is 1. The van der Waals surface area contributed by atoms with Crippen LogP contribution in [0.2, 0.25) is 0 Å². The summed E-state index contributed by atoms with van der Waals surface area (Å²) in [5, 5.41) is 5.37. The molecule has 0 fully saturated rings. The summed E-state index contributed by atoms with van der Waals surface area (Å²) in [7, 11) is 0. The predicted molar refractivity (Wildman–Crippen MR) is 81.0 cm³/mol. The Balaban J connectivity index is 2.89. The van der Waals surface area contributed by atoms with Crippen molar-refractivity contribution < 1.29 is 9.59 Å². The Labute approximate surface area is 120 Å². The average molecular weight is 323 g/mol. The topological polar surface area (TPSA) is 58.2 Å². The molecule has 0 radical (unpaired) electrons. The van der Waals surface area contributed by atoms with Crippen molar-refractivity contribution in [1.29, 1.82) is 0 Å². The van der Waals surface area contributed by atoms with Crippen LogP contribution in [-0.2, 0) is 9.59 Å². The molecule has 0 aliphatic rings. The molecule has 0 unspecified atom stereocenters. The zero-order chi connectivity index (χ0) is 14.3. The van der Waals surface area contributed by atoms with Gasteiger partial charge in [-0.1, -0.05) is 34.2 Å². The Morgan fingerprint density at radius 1 is 1.16 bits per heavy atom. The number of carbonyl (C=O) groups is 2. The van der Waals surface area contributed by atoms with Crippen LogP contribution in [0.15, 0.2) is 47.0 Å². The standard InChI is InChI=1S/C14H15BrN2O2/c1-3-4-5-6-14(19)17-13-9-11(15)7-8-12(13)16-10(2)18/h3-9H,1-2H3,(H,16,18)(H,17,19). The number of carbonyl (C=O) groups excluding carboxylic acids is 2. The van der Waals surface area contributed by atoms with Gasteiger partial charge in [-0.25, -0.2) is 0 Å². The Kier molecular flexibility index (Phi) is 6.02. The van der Waals surface area contributed by atoms with Crippen molar-refractivity contribution >= 4 is 39.1 Å². The van der Waals surface area contributed by atoms with Crippen molar-refractivity contribution in [3.05, 3.63) is 47.0 Å². The molecule has 4 nitrogen and oxygen atoms in total. The summed E-state index contributed by atoms with van der Waals surface area (Å²) in [6.07, 6.45) is 6.64. The molecule has 0 bridgehead atoms. The monoisotopic (exact) mass is 322 g/mol. The fraction of sp³-hybridized carbons (Fsp3) is 0.143. The van der Waals surface area contributed by atoms with Crippen LogP contribution in [-0.4, -0.2) is 11.8 Å². The number of hydrogen-bond donors (Lipinski definition) is 2. The number of rotatable bonds is 4. The Morgan fingerprint density at radius 3 is 2.53 bits per heavy atom. The third-order valence-corrected chi connectivity index (χ3v) is 2.59.